The zero-order valence-electron chi connectivity index (χ0n) is 15.6. The molecule has 1 fully saturated rings. The highest BCUT2D eigenvalue weighted by atomic mass is 32.2. The number of Topliss-reactive ketones (excluding diaryl/α,β-unsaturated/α-hetero) is 1. The topological polar surface area (TPSA) is 82.4 Å². The standard InChI is InChI=1S/C18H27NO5S/c1-12-8-15(16(20)10-24-17(21)9-18(3,4)5)13(2)19(12)14-6-7-25(22,23)11-14/h8,14H,6-7,9-11H2,1-5H3/t14-/m1/s1. The second-order valence-electron chi connectivity index (χ2n) is 8.03. The minimum absolute atomic E-state index is 0.109. The number of hydrogen-bond acceptors (Lipinski definition) is 5. The molecule has 0 amide bonds. The molecule has 0 saturated carbocycles. The molecule has 1 aliphatic rings. The maximum absolute atomic E-state index is 12.4. The van der Waals surface area contributed by atoms with E-state index in [2.05, 4.69) is 0 Å². The van der Waals surface area contributed by atoms with Crippen molar-refractivity contribution in [3.05, 3.63) is 23.0 Å². The van der Waals surface area contributed by atoms with Crippen molar-refractivity contribution in [2.75, 3.05) is 18.1 Å². The Morgan fingerprint density at radius 2 is 1.92 bits per heavy atom. The molecule has 1 aromatic rings. The Hall–Kier alpha value is -1.63. The van der Waals surface area contributed by atoms with Crippen LogP contribution in [0.4, 0.5) is 0 Å². The number of carbonyl (C=O) groups excluding carboxylic acids is 2. The average Bonchev–Trinajstić information content (AvgIpc) is 2.93. The quantitative estimate of drug-likeness (QED) is 0.588. The molecule has 1 aromatic heterocycles. The molecule has 6 nitrogen and oxygen atoms in total. The maximum Gasteiger partial charge on any atom is 0.306 e. The van der Waals surface area contributed by atoms with Gasteiger partial charge in [0.15, 0.2) is 16.4 Å². The summed E-state index contributed by atoms with van der Waals surface area (Å²) in [4.78, 5) is 24.2. The van der Waals surface area contributed by atoms with E-state index in [0.717, 1.165) is 11.4 Å². The third-order valence-electron chi connectivity index (χ3n) is 4.40. The van der Waals surface area contributed by atoms with E-state index in [1.54, 1.807) is 6.07 Å². The van der Waals surface area contributed by atoms with Crippen molar-refractivity contribution < 1.29 is 22.7 Å². The highest BCUT2D eigenvalue weighted by Crippen LogP contribution is 2.29. The molecule has 2 rings (SSSR count). The number of ketones is 1. The van der Waals surface area contributed by atoms with Crippen LogP contribution in [0, 0.1) is 19.3 Å². The summed E-state index contributed by atoms with van der Waals surface area (Å²) >= 11 is 0. The molecule has 0 bridgehead atoms. The highest BCUT2D eigenvalue weighted by Gasteiger charge is 2.31. The first-order chi connectivity index (χ1) is 11.4. The number of nitrogens with zero attached hydrogens (tertiary/aromatic N) is 1. The molecule has 2 heterocycles. The lowest BCUT2D eigenvalue weighted by Crippen LogP contribution is -2.20. The SMILES string of the molecule is Cc1cc(C(=O)COC(=O)CC(C)(C)C)c(C)n1[C@@H]1CCS(=O)(=O)C1. The molecule has 1 aliphatic heterocycles. The number of sulfone groups is 1. The Morgan fingerprint density at radius 3 is 2.44 bits per heavy atom. The number of esters is 1. The molecule has 0 aromatic carbocycles. The third kappa shape index (κ3) is 4.93. The van der Waals surface area contributed by atoms with Crippen molar-refractivity contribution in [3.8, 4) is 0 Å². The monoisotopic (exact) mass is 369 g/mol. The summed E-state index contributed by atoms with van der Waals surface area (Å²) < 4.78 is 30.5. The summed E-state index contributed by atoms with van der Waals surface area (Å²) in [6.45, 7) is 9.17. The first-order valence-electron chi connectivity index (χ1n) is 8.47. The van der Waals surface area contributed by atoms with E-state index in [-0.39, 0.29) is 41.8 Å². The van der Waals surface area contributed by atoms with Crippen LogP contribution in [0.3, 0.4) is 0 Å². The number of ether oxygens (including phenoxy) is 1. The summed E-state index contributed by atoms with van der Waals surface area (Å²) in [6, 6.07) is 1.62. The molecular weight excluding hydrogens is 342 g/mol. The van der Waals surface area contributed by atoms with Gasteiger partial charge in [-0.3, -0.25) is 9.59 Å². The predicted octanol–water partition coefficient (Wildman–Crippen LogP) is 2.63. The van der Waals surface area contributed by atoms with Crippen LogP contribution in [-0.2, 0) is 19.4 Å². The Bertz CT molecular complexity index is 783. The van der Waals surface area contributed by atoms with E-state index < -0.39 is 15.8 Å². The summed E-state index contributed by atoms with van der Waals surface area (Å²) in [5.41, 5.74) is 1.88. The zero-order valence-corrected chi connectivity index (χ0v) is 16.4. The van der Waals surface area contributed by atoms with Crippen molar-refractivity contribution in [2.24, 2.45) is 5.41 Å². The van der Waals surface area contributed by atoms with Crippen LogP contribution in [0.2, 0.25) is 0 Å². The van der Waals surface area contributed by atoms with Crippen LogP contribution in [0.5, 0.6) is 0 Å². The second kappa shape index (κ2) is 6.94. The number of hydrogen-bond donors (Lipinski definition) is 0. The van der Waals surface area contributed by atoms with Gasteiger partial charge in [-0.1, -0.05) is 20.8 Å². The molecule has 0 unspecified atom stereocenters. The maximum atomic E-state index is 12.4. The average molecular weight is 369 g/mol. The van der Waals surface area contributed by atoms with E-state index in [1.165, 1.54) is 0 Å². The summed E-state index contributed by atoms with van der Waals surface area (Å²) in [5, 5.41) is 0. The van der Waals surface area contributed by atoms with Crippen molar-refractivity contribution in [1.29, 1.82) is 0 Å². The first-order valence-corrected chi connectivity index (χ1v) is 10.3. The molecule has 140 valence electrons. The van der Waals surface area contributed by atoms with Crippen molar-refractivity contribution in [2.45, 2.75) is 53.5 Å². The van der Waals surface area contributed by atoms with Gasteiger partial charge in [0.1, 0.15) is 0 Å². The summed E-state index contributed by atoms with van der Waals surface area (Å²) in [5.74, 6) is -0.362. The lowest BCUT2D eigenvalue weighted by Gasteiger charge is -2.17. The van der Waals surface area contributed by atoms with Gasteiger partial charge in [-0.2, -0.15) is 0 Å². The van der Waals surface area contributed by atoms with Crippen molar-refractivity contribution >= 4 is 21.6 Å². The lowest BCUT2D eigenvalue weighted by atomic mass is 9.92. The van der Waals surface area contributed by atoms with Gasteiger partial charge >= 0.3 is 5.97 Å². The second-order valence-corrected chi connectivity index (χ2v) is 10.3. The van der Waals surface area contributed by atoms with Crippen LogP contribution < -0.4 is 0 Å². The van der Waals surface area contributed by atoms with Crippen molar-refractivity contribution in [1.82, 2.24) is 4.57 Å². The molecule has 0 aliphatic carbocycles. The summed E-state index contributed by atoms with van der Waals surface area (Å²) in [7, 11) is -3.00. The Labute approximate surface area is 149 Å². The molecule has 0 N–H and O–H groups in total. The molecule has 0 spiro atoms. The van der Waals surface area contributed by atoms with Crippen LogP contribution >= 0.6 is 0 Å². The fourth-order valence-electron chi connectivity index (χ4n) is 3.31. The van der Waals surface area contributed by atoms with Crippen molar-refractivity contribution in [3.63, 3.8) is 0 Å². The Balaban J connectivity index is 2.09. The smallest absolute Gasteiger partial charge is 0.306 e. The van der Waals surface area contributed by atoms with E-state index in [9.17, 15) is 18.0 Å². The first kappa shape index (κ1) is 19.7. The van der Waals surface area contributed by atoms with Gasteiger partial charge in [0.2, 0.25) is 5.78 Å². The number of aryl methyl sites for hydroxylation is 1. The number of aromatic nitrogens is 1. The molecule has 25 heavy (non-hydrogen) atoms. The van der Waals surface area contributed by atoms with Crippen LogP contribution in [-0.4, -0.2) is 42.9 Å². The van der Waals surface area contributed by atoms with E-state index in [4.69, 9.17) is 4.74 Å². The molecule has 0 radical (unpaired) electrons. The molecule has 1 atom stereocenters. The highest BCUT2D eigenvalue weighted by molar-refractivity contribution is 7.91. The normalized spacial score (nSPS) is 19.8. The third-order valence-corrected chi connectivity index (χ3v) is 6.15. The largest absolute Gasteiger partial charge is 0.457 e. The van der Waals surface area contributed by atoms with Gasteiger partial charge in [0.05, 0.1) is 17.9 Å². The lowest BCUT2D eigenvalue weighted by molar-refractivity contribution is -0.144. The fourth-order valence-corrected chi connectivity index (χ4v) is 5.01. The van der Waals surface area contributed by atoms with Crippen LogP contribution in [0.1, 0.15) is 61.4 Å². The minimum atomic E-state index is -3.00. The van der Waals surface area contributed by atoms with Gasteiger partial charge in [0, 0.05) is 23.0 Å². The van der Waals surface area contributed by atoms with Gasteiger partial charge in [-0.15, -0.1) is 0 Å². The minimum Gasteiger partial charge on any atom is -0.457 e. The fraction of sp³-hybridized carbons (Fsp3) is 0.667. The van der Waals surface area contributed by atoms with Gasteiger partial charge < -0.3 is 9.30 Å². The number of rotatable bonds is 5. The number of carbonyl (C=O) groups is 2. The Morgan fingerprint density at radius 1 is 1.28 bits per heavy atom. The van der Waals surface area contributed by atoms with E-state index >= 15 is 0 Å². The summed E-state index contributed by atoms with van der Waals surface area (Å²) in [6.07, 6.45) is 0.812. The zero-order chi connectivity index (χ0) is 19.0. The van der Waals surface area contributed by atoms with Crippen LogP contribution in [0.15, 0.2) is 6.07 Å². The Kier molecular flexibility index (Phi) is 5.47. The molecule has 7 heteroatoms. The van der Waals surface area contributed by atoms with E-state index in [1.807, 2.05) is 39.2 Å². The molecule has 1 saturated heterocycles. The van der Waals surface area contributed by atoms with Crippen LogP contribution in [0.25, 0.3) is 0 Å². The predicted molar refractivity (Wildman–Crippen MR) is 95.6 cm³/mol. The van der Waals surface area contributed by atoms with Gasteiger partial charge in [0.25, 0.3) is 0 Å². The van der Waals surface area contributed by atoms with Gasteiger partial charge in [-0.05, 0) is 31.7 Å². The van der Waals surface area contributed by atoms with E-state index in [0.29, 0.717) is 12.0 Å². The molecular formula is C18H27NO5S. The van der Waals surface area contributed by atoms with Gasteiger partial charge in [-0.25, -0.2) is 8.42 Å².